The fraction of sp³-hybridized carbons (Fsp3) is 0.261. The lowest BCUT2D eigenvalue weighted by Crippen LogP contribution is -2.21. The molecule has 1 N–H and O–H groups in total. The van der Waals surface area contributed by atoms with Gasteiger partial charge in [0.1, 0.15) is 5.75 Å². The summed E-state index contributed by atoms with van der Waals surface area (Å²) >= 11 is 0. The SMILES string of the molecule is CN1C/C=C\CCOc2cc(ccn2)-c2ccnc(n2)Nc2ccc(OC(F)(F)F)c(c2)C1. The molecule has 0 saturated heterocycles. The van der Waals surface area contributed by atoms with E-state index >= 15 is 0 Å². The number of alkyl halides is 3. The van der Waals surface area contributed by atoms with E-state index in [1.165, 1.54) is 12.1 Å². The number of nitrogens with one attached hydrogen (secondary N) is 1. The van der Waals surface area contributed by atoms with Gasteiger partial charge in [-0.3, -0.25) is 4.90 Å². The number of pyridine rings is 1. The molecule has 33 heavy (non-hydrogen) atoms. The molecular formula is C23H22F3N5O2. The van der Waals surface area contributed by atoms with Gasteiger partial charge in [-0.15, -0.1) is 13.2 Å². The number of fused-ring (bicyclic) bond motifs is 7. The van der Waals surface area contributed by atoms with Gasteiger partial charge in [0.25, 0.3) is 0 Å². The largest absolute Gasteiger partial charge is 0.573 e. The maximum Gasteiger partial charge on any atom is 0.573 e. The number of aromatic nitrogens is 3. The van der Waals surface area contributed by atoms with Crippen molar-refractivity contribution >= 4 is 11.6 Å². The van der Waals surface area contributed by atoms with Crippen LogP contribution >= 0.6 is 0 Å². The fourth-order valence-corrected chi connectivity index (χ4v) is 3.32. The molecule has 3 aromatic rings. The molecule has 7 nitrogen and oxygen atoms in total. The molecular weight excluding hydrogens is 435 g/mol. The van der Waals surface area contributed by atoms with Crippen LogP contribution in [0.1, 0.15) is 12.0 Å². The van der Waals surface area contributed by atoms with Crippen molar-refractivity contribution in [2.45, 2.75) is 19.3 Å². The van der Waals surface area contributed by atoms with Gasteiger partial charge < -0.3 is 14.8 Å². The Hall–Kier alpha value is -3.66. The smallest absolute Gasteiger partial charge is 0.477 e. The normalized spacial score (nSPS) is 16.0. The average Bonchev–Trinajstić information content (AvgIpc) is 2.77. The number of likely N-dealkylation sites (N-methyl/N-ethyl adjacent to an activating group) is 1. The van der Waals surface area contributed by atoms with Gasteiger partial charge in [-0.25, -0.2) is 15.0 Å². The Morgan fingerprint density at radius 3 is 2.76 bits per heavy atom. The van der Waals surface area contributed by atoms with Crippen LogP contribution in [0, 0.1) is 0 Å². The first-order valence-electron chi connectivity index (χ1n) is 10.3. The first kappa shape index (κ1) is 22.5. The molecule has 0 atom stereocenters. The molecule has 0 radical (unpaired) electrons. The van der Waals surface area contributed by atoms with E-state index in [0.717, 1.165) is 5.56 Å². The zero-order valence-electron chi connectivity index (χ0n) is 17.8. The van der Waals surface area contributed by atoms with Crippen molar-refractivity contribution in [3.05, 3.63) is 66.5 Å². The molecule has 0 amide bonds. The molecule has 172 valence electrons. The van der Waals surface area contributed by atoms with E-state index in [9.17, 15) is 13.2 Å². The minimum atomic E-state index is -4.78. The van der Waals surface area contributed by atoms with E-state index in [0.29, 0.717) is 48.3 Å². The fourth-order valence-electron chi connectivity index (χ4n) is 3.32. The van der Waals surface area contributed by atoms with Crippen LogP contribution in [0.2, 0.25) is 0 Å². The lowest BCUT2D eigenvalue weighted by atomic mass is 10.1. The maximum absolute atomic E-state index is 12.9. The van der Waals surface area contributed by atoms with Crippen molar-refractivity contribution in [2.24, 2.45) is 0 Å². The number of rotatable bonds is 1. The Bertz CT molecular complexity index is 1140. The average molecular weight is 457 g/mol. The van der Waals surface area contributed by atoms with Crippen molar-refractivity contribution in [3.8, 4) is 22.9 Å². The zero-order chi connectivity index (χ0) is 23.3. The van der Waals surface area contributed by atoms with Crippen LogP contribution < -0.4 is 14.8 Å². The highest BCUT2D eigenvalue weighted by Crippen LogP contribution is 2.30. The third kappa shape index (κ3) is 6.42. The van der Waals surface area contributed by atoms with Crippen LogP contribution in [-0.2, 0) is 6.54 Å². The first-order valence-corrected chi connectivity index (χ1v) is 10.3. The van der Waals surface area contributed by atoms with E-state index in [4.69, 9.17) is 4.74 Å². The number of hydrogen-bond donors (Lipinski definition) is 1. The summed E-state index contributed by atoms with van der Waals surface area (Å²) in [5, 5.41) is 3.06. The van der Waals surface area contributed by atoms with Crippen molar-refractivity contribution < 1.29 is 22.6 Å². The predicted octanol–water partition coefficient (Wildman–Crippen LogP) is 4.95. The standard InChI is InChI=1S/C23H22F3N5O2/c1-31-11-3-2-4-12-32-21-14-16(7-9-27-21)19-8-10-28-22(30-19)29-18-5-6-20(17(13-18)15-31)33-23(24,25)26/h2-3,5-10,13-14H,4,11-12,15H2,1H3,(H,28,29,30)/b3-2-. The third-order valence-electron chi connectivity index (χ3n) is 4.79. The summed E-state index contributed by atoms with van der Waals surface area (Å²) < 4.78 is 48.7. The van der Waals surface area contributed by atoms with Crippen LogP contribution in [0.15, 0.2) is 60.9 Å². The zero-order valence-corrected chi connectivity index (χ0v) is 17.8. The van der Waals surface area contributed by atoms with Gasteiger partial charge in [0.2, 0.25) is 11.8 Å². The van der Waals surface area contributed by atoms with Crippen molar-refractivity contribution in [3.63, 3.8) is 0 Å². The Morgan fingerprint density at radius 2 is 1.91 bits per heavy atom. The van der Waals surface area contributed by atoms with Crippen LogP contribution in [0.4, 0.5) is 24.8 Å². The summed E-state index contributed by atoms with van der Waals surface area (Å²) in [6.45, 7) is 1.23. The number of benzene rings is 1. The van der Waals surface area contributed by atoms with Gasteiger partial charge >= 0.3 is 6.36 Å². The van der Waals surface area contributed by atoms with Crippen molar-refractivity contribution in [1.82, 2.24) is 19.9 Å². The number of hydrogen-bond acceptors (Lipinski definition) is 7. The molecule has 0 fully saturated rings. The molecule has 1 aliphatic rings. The van der Waals surface area contributed by atoms with Crippen LogP contribution in [0.5, 0.6) is 11.6 Å². The van der Waals surface area contributed by atoms with E-state index < -0.39 is 6.36 Å². The van der Waals surface area contributed by atoms with Crippen LogP contribution in [-0.4, -0.2) is 46.4 Å². The Morgan fingerprint density at radius 1 is 1.06 bits per heavy atom. The van der Waals surface area contributed by atoms with E-state index in [1.54, 1.807) is 30.6 Å². The summed E-state index contributed by atoms with van der Waals surface area (Å²) in [6.07, 6.45) is 3.04. The highest BCUT2D eigenvalue weighted by molar-refractivity contribution is 5.63. The number of ether oxygens (including phenoxy) is 2. The quantitative estimate of drug-likeness (QED) is 0.519. The second-order valence-electron chi connectivity index (χ2n) is 7.45. The molecule has 4 rings (SSSR count). The van der Waals surface area contributed by atoms with Gasteiger partial charge in [-0.1, -0.05) is 12.2 Å². The Balaban J connectivity index is 1.70. The molecule has 6 bridgehead atoms. The number of anilines is 2. The van der Waals surface area contributed by atoms with E-state index in [-0.39, 0.29) is 12.3 Å². The Kier molecular flexibility index (Phi) is 6.74. The first-order chi connectivity index (χ1) is 15.9. The van der Waals surface area contributed by atoms with Crippen molar-refractivity contribution in [1.29, 1.82) is 0 Å². The highest BCUT2D eigenvalue weighted by atomic mass is 19.4. The van der Waals surface area contributed by atoms with Gasteiger partial charge in [0.15, 0.2) is 0 Å². The van der Waals surface area contributed by atoms with Crippen LogP contribution in [0.25, 0.3) is 11.3 Å². The lowest BCUT2D eigenvalue weighted by molar-refractivity contribution is -0.275. The molecule has 1 aromatic carbocycles. The molecule has 10 heteroatoms. The summed E-state index contributed by atoms with van der Waals surface area (Å²) in [5.41, 5.74) is 2.38. The van der Waals surface area contributed by atoms with Crippen molar-refractivity contribution in [2.75, 3.05) is 25.5 Å². The second-order valence-corrected chi connectivity index (χ2v) is 7.45. The molecule has 0 spiro atoms. The minimum absolute atomic E-state index is 0.245. The summed E-state index contributed by atoms with van der Waals surface area (Å²) in [6, 6.07) is 9.77. The van der Waals surface area contributed by atoms with Crippen LogP contribution in [0.3, 0.4) is 0 Å². The summed E-state index contributed by atoms with van der Waals surface area (Å²) in [5.74, 6) is 0.558. The van der Waals surface area contributed by atoms with Gasteiger partial charge in [-0.2, -0.15) is 0 Å². The van der Waals surface area contributed by atoms with Gasteiger partial charge in [0, 0.05) is 48.4 Å². The highest BCUT2D eigenvalue weighted by Gasteiger charge is 2.32. The van der Waals surface area contributed by atoms with E-state index in [2.05, 4.69) is 25.0 Å². The maximum atomic E-state index is 12.9. The lowest BCUT2D eigenvalue weighted by Gasteiger charge is -2.19. The van der Waals surface area contributed by atoms with E-state index in [1.807, 2.05) is 30.2 Å². The predicted molar refractivity (Wildman–Crippen MR) is 117 cm³/mol. The third-order valence-corrected chi connectivity index (χ3v) is 4.79. The minimum Gasteiger partial charge on any atom is -0.477 e. The molecule has 1 aliphatic heterocycles. The van der Waals surface area contributed by atoms with Gasteiger partial charge in [0.05, 0.1) is 12.3 Å². The molecule has 3 heterocycles. The Labute approximate surface area is 188 Å². The molecule has 0 saturated carbocycles. The molecule has 0 aliphatic carbocycles. The molecule has 2 aromatic heterocycles. The topological polar surface area (TPSA) is 72.4 Å². The monoisotopic (exact) mass is 457 g/mol. The number of nitrogens with zero attached hydrogens (tertiary/aromatic N) is 4. The van der Waals surface area contributed by atoms with Gasteiger partial charge in [-0.05, 0) is 43.8 Å². The summed E-state index contributed by atoms with van der Waals surface area (Å²) in [4.78, 5) is 14.9. The second kappa shape index (κ2) is 9.86. The summed E-state index contributed by atoms with van der Waals surface area (Å²) in [7, 11) is 1.82. The number of halogens is 3. The molecule has 0 unspecified atom stereocenters.